The van der Waals surface area contributed by atoms with Crippen molar-refractivity contribution in [2.75, 3.05) is 0 Å². The van der Waals surface area contributed by atoms with Gasteiger partial charge in [0.05, 0.1) is 6.04 Å². The molecule has 3 N–H and O–H groups in total. The summed E-state index contributed by atoms with van der Waals surface area (Å²) in [5, 5.41) is 0. The zero-order valence-electron chi connectivity index (χ0n) is 10.4. The van der Waals surface area contributed by atoms with E-state index in [-0.39, 0.29) is 6.04 Å². The molecule has 1 unspecified atom stereocenters. The molecule has 0 aliphatic heterocycles. The maximum atomic E-state index is 5.72. The zero-order chi connectivity index (χ0) is 12.5. The monoisotopic (exact) mass is 259 g/mol. The van der Waals surface area contributed by atoms with Crippen LogP contribution in [0, 0.1) is 6.92 Å². The summed E-state index contributed by atoms with van der Waals surface area (Å²) in [5.41, 5.74) is 6.58. The number of rotatable bonds is 3. The molecule has 3 rings (SSSR count). The number of aromatic nitrogens is 1. The predicted molar refractivity (Wildman–Crippen MR) is 74.5 cm³/mol. The number of nitrogens with zero attached hydrogens (tertiary/aromatic N) is 1. The highest BCUT2D eigenvalue weighted by molar-refractivity contribution is 7.12. The lowest BCUT2D eigenvalue weighted by Gasteiger charge is -2.14. The Labute approximate surface area is 111 Å². The van der Waals surface area contributed by atoms with Crippen LogP contribution in [0.25, 0.3) is 0 Å². The largest absolute Gasteiger partial charge is 0.271 e. The van der Waals surface area contributed by atoms with E-state index >= 15 is 0 Å². The van der Waals surface area contributed by atoms with E-state index in [1.807, 2.05) is 30.5 Å². The topological polar surface area (TPSA) is 50.9 Å². The standard InChI is InChI=1S/C14H17N3S/c1-9-5-6-11(8-16-9)14(17-15)13-7-10-3-2-4-12(10)18-13/h5-8,14,17H,2-4,15H2,1H3. The molecular formula is C14H17N3S. The first-order valence-electron chi connectivity index (χ1n) is 6.28. The van der Waals surface area contributed by atoms with Crippen molar-refractivity contribution >= 4 is 11.3 Å². The summed E-state index contributed by atoms with van der Waals surface area (Å²) < 4.78 is 0. The van der Waals surface area contributed by atoms with E-state index in [0.29, 0.717) is 0 Å². The Morgan fingerprint density at radius 3 is 2.94 bits per heavy atom. The van der Waals surface area contributed by atoms with Crippen molar-refractivity contribution in [3.8, 4) is 0 Å². The summed E-state index contributed by atoms with van der Waals surface area (Å²) in [4.78, 5) is 7.18. The van der Waals surface area contributed by atoms with Gasteiger partial charge in [0, 0.05) is 21.6 Å². The molecule has 94 valence electrons. The molecule has 2 heterocycles. The minimum atomic E-state index is 0.0636. The van der Waals surface area contributed by atoms with Crippen LogP contribution in [0.15, 0.2) is 24.4 Å². The number of hydrogen-bond donors (Lipinski definition) is 2. The Hall–Kier alpha value is -1.23. The van der Waals surface area contributed by atoms with Crippen LogP contribution in [0.4, 0.5) is 0 Å². The second-order valence-corrected chi connectivity index (χ2v) is 5.95. The van der Waals surface area contributed by atoms with Crippen molar-refractivity contribution < 1.29 is 0 Å². The van der Waals surface area contributed by atoms with Crippen LogP contribution in [0.5, 0.6) is 0 Å². The van der Waals surface area contributed by atoms with E-state index < -0.39 is 0 Å². The van der Waals surface area contributed by atoms with Gasteiger partial charge in [0.25, 0.3) is 0 Å². The molecule has 0 amide bonds. The van der Waals surface area contributed by atoms with Gasteiger partial charge in [0.1, 0.15) is 0 Å². The third-order valence-electron chi connectivity index (χ3n) is 3.48. The van der Waals surface area contributed by atoms with Crippen molar-refractivity contribution in [2.45, 2.75) is 32.2 Å². The molecule has 3 nitrogen and oxygen atoms in total. The van der Waals surface area contributed by atoms with Crippen LogP contribution in [-0.4, -0.2) is 4.98 Å². The fraction of sp³-hybridized carbons (Fsp3) is 0.357. The molecule has 0 bridgehead atoms. The summed E-state index contributed by atoms with van der Waals surface area (Å²) in [7, 11) is 0. The number of hydrazine groups is 1. The Bertz CT molecular complexity index is 523. The SMILES string of the molecule is Cc1ccc(C(NN)c2cc3c(s2)CCC3)cn1. The Morgan fingerprint density at radius 2 is 2.28 bits per heavy atom. The summed E-state index contributed by atoms with van der Waals surface area (Å²) in [6, 6.07) is 6.49. The third kappa shape index (κ3) is 2.07. The zero-order valence-corrected chi connectivity index (χ0v) is 11.3. The van der Waals surface area contributed by atoms with Crippen LogP contribution in [0.1, 0.15) is 39.0 Å². The molecule has 2 aromatic heterocycles. The van der Waals surface area contributed by atoms with Crippen LogP contribution in [0.3, 0.4) is 0 Å². The summed E-state index contributed by atoms with van der Waals surface area (Å²) in [6.07, 6.45) is 5.65. The highest BCUT2D eigenvalue weighted by Gasteiger charge is 2.20. The van der Waals surface area contributed by atoms with Crippen molar-refractivity contribution in [1.82, 2.24) is 10.4 Å². The number of nitrogens with one attached hydrogen (secondary N) is 1. The fourth-order valence-electron chi connectivity index (χ4n) is 2.49. The fourth-order valence-corrected chi connectivity index (χ4v) is 3.83. The smallest absolute Gasteiger partial charge is 0.0817 e. The van der Waals surface area contributed by atoms with E-state index in [1.165, 1.54) is 34.6 Å². The first-order chi connectivity index (χ1) is 8.78. The van der Waals surface area contributed by atoms with Crippen LogP contribution in [-0.2, 0) is 12.8 Å². The number of nitrogens with two attached hydrogens (primary N) is 1. The summed E-state index contributed by atoms with van der Waals surface area (Å²) in [5.74, 6) is 5.72. The quantitative estimate of drug-likeness (QED) is 0.658. The number of fused-ring (bicyclic) bond motifs is 1. The molecule has 0 saturated carbocycles. The number of pyridine rings is 1. The summed E-state index contributed by atoms with van der Waals surface area (Å²) >= 11 is 1.88. The van der Waals surface area contributed by atoms with E-state index in [9.17, 15) is 0 Å². The molecule has 2 aromatic rings. The van der Waals surface area contributed by atoms with Gasteiger partial charge in [-0.2, -0.15) is 0 Å². The first kappa shape index (κ1) is 11.8. The van der Waals surface area contributed by atoms with Crippen molar-refractivity contribution in [3.05, 3.63) is 51.0 Å². The van der Waals surface area contributed by atoms with Crippen LogP contribution < -0.4 is 11.3 Å². The second-order valence-electron chi connectivity index (χ2n) is 4.78. The molecule has 18 heavy (non-hydrogen) atoms. The van der Waals surface area contributed by atoms with Gasteiger partial charge in [0.2, 0.25) is 0 Å². The molecule has 0 aromatic carbocycles. The highest BCUT2D eigenvalue weighted by atomic mass is 32.1. The lowest BCUT2D eigenvalue weighted by Crippen LogP contribution is -2.28. The first-order valence-corrected chi connectivity index (χ1v) is 7.10. The maximum absolute atomic E-state index is 5.72. The third-order valence-corrected chi connectivity index (χ3v) is 4.79. The van der Waals surface area contributed by atoms with Gasteiger partial charge in [-0.15, -0.1) is 11.3 Å². The van der Waals surface area contributed by atoms with E-state index in [2.05, 4.69) is 22.5 Å². The van der Waals surface area contributed by atoms with Crippen molar-refractivity contribution in [3.63, 3.8) is 0 Å². The highest BCUT2D eigenvalue weighted by Crippen LogP contribution is 2.35. The van der Waals surface area contributed by atoms with E-state index in [1.54, 1.807) is 0 Å². The van der Waals surface area contributed by atoms with Gasteiger partial charge < -0.3 is 0 Å². The average Bonchev–Trinajstić information content (AvgIpc) is 2.93. The van der Waals surface area contributed by atoms with Crippen LogP contribution in [0.2, 0.25) is 0 Å². The molecule has 1 atom stereocenters. The van der Waals surface area contributed by atoms with Gasteiger partial charge >= 0.3 is 0 Å². The van der Waals surface area contributed by atoms with Crippen LogP contribution >= 0.6 is 11.3 Å². The normalized spacial score (nSPS) is 15.7. The van der Waals surface area contributed by atoms with Gasteiger partial charge in [-0.3, -0.25) is 10.8 Å². The van der Waals surface area contributed by atoms with Crippen molar-refractivity contribution in [1.29, 1.82) is 0 Å². The Kier molecular flexibility index (Phi) is 3.16. The van der Waals surface area contributed by atoms with Gasteiger partial charge in [0.15, 0.2) is 0 Å². The molecule has 0 fully saturated rings. The Morgan fingerprint density at radius 1 is 1.39 bits per heavy atom. The number of hydrogen-bond acceptors (Lipinski definition) is 4. The molecule has 0 radical (unpaired) electrons. The molecule has 0 saturated heterocycles. The lowest BCUT2D eigenvalue weighted by atomic mass is 10.1. The maximum Gasteiger partial charge on any atom is 0.0817 e. The number of thiophene rings is 1. The Balaban J connectivity index is 1.93. The minimum absolute atomic E-state index is 0.0636. The van der Waals surface area contributed by atoms with E-state index in [4.69, 9.17) is 5.84 Å². The molecule has 0 spiro atoms. The van der Waals surface area contributed by atoms with Crippen molar-refractivity contribution in [2.24, 2.45) is 5.84 Å². The lowest BCUT2D eigenvalue weighted by molar-refractivity contribution is 0.643. The van der Waals surface area contributed by atoms with Gasteiger partial charge in [-0.1, -0.05) is 6.07 Å². The van der Waals surface area contributed by atoms with Gasteiger partial charge in [-0.05, 0) is 49.4 Å². The second kappa shape index (κ2) is 4.80. The minimum Gasteiger partial charge on any atom is -0.271 e. The average molecular weight is 259 g/mol. The van der Waals surface area contributed by atoms with Gasteiger partial charge in [-0.25, -0.2) is 5.43 Å². The van der Waals surface area contributed by atoms with E-state index in [0.717, 1.165) is 11.3 Å². The number of aryl methyl sites for hydroxylation is 3. The molecule has 1 aliphatic carbocycles. The molecule has 1 aliphatic rings. The molecule has 4 heteroatoms. The summed E-state index contributed by atoms with van der Waals surface area (Å²) in [6.45, 7) is 1.99. The predicted octanol–water partition coefficient (Wildman–Crippen LogP) is 2.49. The molecular weight excluding hydrogens is 242 g/mol.